The van der Waals surface area contributed by atoms with Crippen LogP contribution in [0.25, 0.3) is 11.4 Å². The van der Waals surface area contributed by atoms with Gasteiger partial charge in [0.25, 0.3) is 0 Å². The highest BCUT2D eigenvalue weighted by Gasteiger charge is 2.56. The van der Waals surface area contributed by atoms with Crippen LogP contribution in [-0.4, -0.2) is 20.7 Å². The molecule has 2 aliphatic rings. The van der Waals surface area contributed by atoms with Gasteiger partial charge < -0.3 is 0 Å². The van der Waals surface area contributed by atoms with E-state index < -0.39 is 11.3 Å². The normalized spacial score (nSPS) is 27.1. The first-order valence-corrected chi connectivity index (χ1v) is 10.5. The minimum absolute atomic E-state index is 0.00442. The fourth-order valence-corrected chi connectivity index (χ4v) is 5.53. The summed E-state index contributed by atoms with van der Waals surface area (Å²) in [6, 6.07) is 12.4. The first kappa shape index (κ1) is 19.5. The van der Waals surface area contributed by atoms with Gasteiger partial charge in [0.2, 0.25) is 0 Å². The number of aryl methyl sites for hydroxylation is 1. The summed E-state index contributed by atoms with van der Waals surface area (Å²) in [7, 11) is 0. The SMILES string of the molecule is C[C@@H]1C(=O)C(C#N)C[C@]2(c3ccc(F)cc3)c3nc(-c4cccnc4)ncc3CC[C@@H]12. The number of nitrogens with zero attached hydrogens (tertiary/aromatic N) is 4. The molecule has 2 aliphatic carbocycles. The van der Waals surface area contributed by atoms with Gasteiger partial charge in [0.1, 0.15) is 11.7 Å². The molecule has 1 unspecified atom stereocenters. The van der Waals surface area contributed by atoms with Crippen LogP contribution in [-0.2, 0) is 16.6 Å². The Bertz CT molecular complexity index is 1190. The lowest BCUT2D eigenvalue weighted by Gasteiger charge is -2.51. The molecule has 0 amide bonds. The molecule has 5 rings (SSSR count). The van der Waals surface area contributed by atoms with Crippen molar-refractivity contribution in [2.45, 2.75) is 31.6 Å². The number of hydrogen-bond donors (Lipinski definition) is 0. The summed E-state index contributed by atoms with van der Waals surface area (Å²) in [5.41, 5.74) is 2.93. The number of rotatable bonds is 2. The highest BCUT2D eigenvalue weighted by atomic mass is 19.1. The molecule has 154 valence electrons. The van der Waals surface area contributed by atoms with E-state index in [-0.39, 0.29) is 23.4 Å². The molecule has 0 N–H and O–H groups in total. The third kappa shape index (κ3) is 2.96. The molecule has 1 fully saturated rings. The molecule has 0 spiro atoms. The summed E-state index contributed by atoms with van der Waals surface area (Å²) in [4.78, 5) is 26.7. The molecule has 0 radical (unpaired) electrons. The predicted octanol–water partition coefficient (Wildman–Crippen LogP) is 4.27. The van der Waals surface area contributed by atoms with Gasteiger partial charge in [-0.25, -0.2) is 14.4 Å². The van der Waals surface area contributed by atoms with Crippen molar-refractivity contribution in [2.24, 2.45) is 17.8 Å². The topological polar surface area (TPSA) is 79.5 Å². The molecular weight excluding hydrogens is 391 g/mol. The molecule has 1 saturated carbocycles. The van der Waals surface area contributed by atoms with Crippen molar-refractivity contribution in [3.63, 3.8) is 0 Å². The molecule has 0 aliphatic heterocycles. The van der Waals surface area contributed by atoms with E-state index in [1.165, 1.54) is 12.1 Å². The number of ketones is 1. The van der Waals surface area contributed by atoms with Gasteiger partial charge in [0.15, 0.2) is 11.6 Å². The Labute approximate surface area is 180 Å². The van der Waals surface area contributed by atoms with Crippen LogP contribution in [0.15, 0.2) is 55.0 Å². The van der Waals surface area contributed by atoms with Crippen LogP contribution >= 0.6 is 0 Å². The zero-order valence-corrected chi connectivity index (χ0v) is 17.1. The van der Waals surface area contributed by atoms with Gasteiger partial charge >= 0.3 is 0 Å². The molecule has 4 atom stereocenters. The highest BCUT2D eigenvalue weighted by Crippen LogP contribution is 2.55. The number of Topliss-reactive ketones (excluding diaryl/α,β-unsaturated/α-hetero) is 1. The maximum atomic E-state index is 13.8. The van der Waals surface area contributed by atoms with Crippen LogP contribution in [0.1, 0.15) is 36.6 Å². The number of halogens is 1. The zero-order chi connectivity index (χ0) is 21.6. The van der Waals surface area contributed by atoms with Crippen LogP contribution in [0, 0.1) is 34.9 Å². The van der Waals surface area contributed by atoms with Crippen molar-refractivity contribution < 1.29 is 9.18 Å². The predicted molar refractivity (Wildman–Crippen MR) is 112 cm³/mol. The van der Waals surface area contributed by atoms with E-state index in [1.807, 2.05) is 25.3 Å². The average Bonchev–Trinajstić information content (AvgIpc) is 2.81. The Hall–Kier alpha value is -3.46. The zero-order valence-electron chi connectivity index (χ0n) is 17.1. The second kappa shape index (κ2) is 7.35. The Balaban J connectivity index is 1.77. The minimum atomic E-state index is -0.723. The number of carbonyl (C=O) groups is 1. The molecule has 2 heterocycles. The van der Waals surface area contributed by atoms with Crippen LogP contribution in [0.2, 0.25) is 0 Å². The van der Waals surface area contributed by atoms with Crippen molar-refractivity contribution in [2.75, 3.05) is 0 Å². The third-order valence-corrected chi connectivity index (χ3v) is 7.00. The van der Waals surface area contributed by atoms with Gasteiger partial charge in [0.05, 0.1) is 11.8 Å². The average molecular weight is 412 g/mol. The summed E-state index contributed by atoms with van der Waals surface area (Å²) in [5, 5.41) is 9.78. The fraction of sp³-hybridized carbons (Fsp3) is 0.320. The van der Waals surface area contributed by atoms with Crippen LogP contribution in [0.5, 0.6) is 0 Å². The lowest BCUT2D eigenvalue weighted by atomic mass is 9.51. The van der Waals surface area contributed by atoms with E-state index in [9.17, 15) is 14.4 Å². The molecule has 3 aromatic rings. The fourth-order valence-electron chi connectivity index (χ4n) is 5.53. The lowest BCUT2D eigenvalue weighted by molar-refractivity contribution is -0.131. The summed E-state index contributed by atoms with van der Waals surface area (Å²) in [6.07, 6.45) is 7.19. The minimum Gasteiger partial charge on any atom is -0.298 e. The Kier molecular flexibility index (Phi) is 4.62. The van der Waals surface area contributed by atoms with E-state index in [1.54, 1.807) is 24.5 Å². The van der Waals surface area contributed by atoms with Crippen molar-refractivity contribution >= 4 is 5.78 Å². The molecule has 0 bridgehead atoms. The summed E-state index contributed by atoms with van der Waals surface area (Å²) < 4.78 is 13.8. The van der Waals surface area contributed by atoms with E-state index in [4.69, 9.17) is 4.98 Å². The quantitative estimate of drug-likeness (QED) is 0.628. The molecule has 1 aromatic carbocycles. The van der Waals surface area contributed by atoms with E-state index >= 15 is 0 Å². The van der Waals surface area contributed by atoms with Crippen LogP contribution in [0.4, 0.5) is 4.39 Å². The number of pyridine rings is 1. The van der Waals surface area contributed by atoms with Gasteiger partial charge in [-0.05, 0) is 60.6 Å². The number of nitriles is 1. The van der Waals surface area contributed by atoms with Gasteiger partial charge in [0, 0.05) is 35.5 Å². The van der Waals surface area contributed by atoms with Crippen molar-refractivity contribution in [3.05, 3.63) is 77.6 Å². The van der Waals surface area contributed by atoms with Crippen molar-refractivity contribution in [1.82, 2.24) is 15.0 Å². The maximum Gasteiger partial charge on any atom is 0.160 e. The maximum absolute atomic E-state index is 13.8. The lowest BCUT2D eigenvalue weighted by Crippen LogP contribution is -2.53. The molecule has 6 heteroatoms. The van der Waals surface area contributed by atoms with Gasteiger partial charge in [-0.3, -0.25) is 9.78 Å². The molecular formula is C25H21FN4O. The number of carbonyl (C=O) groups excluding carboxylic acids is 1. The second-order valence-corrected chi connectivity index (χ2v) is 8.51. The second-order valence-electron chi connectivity index (χ2n) is 8.51. The Morgan fingerprint density at radius 1 is 1.19 bits per heavy atom. The molecule has 2 aromatic heterocycles. The number of hydrogen-bond acceptors (Lipinski definition) is 5. The van der Waals surface area contributed by atoms with Crippen LogP contribution < -0.4 is 0 Å². The van der Waals surface area contributed by atoms with E-state index in [0.717, 1.165) is 35.2 Å². The molecule has 0 saturated heterocycles. The third-order valence-electron chi connectivity index (χ3n) is 7.00. The van der Waals surface area contributed by atoms with Crippen molar-refractivity contribution in [1.29, 1.82) is 5.26 Å². The van der Waals surface area contributed by atoms with Crippen LogP contribution in [0.3, 0.4) is 0 Å². The van der Waals surface area contributed by atoms with Crippen molar-refractivity contribution in [3.8, 4) is 17.5 Å². The Morgan fingerprint density at radius 2 is 2.00 bits per heavy atom. The van der Waals surface area contributed by atoms with Gasteiger partial charge in [-0.1, -0.05) is 19.1 Å². The summed E-state index contributed by atoms with van der Waals surface area (Å²) in [6.45, 7) is 1.92. The number of benzene rings is 1. The monoisotopic (exact) mass is 412 g/mol. The smallest absolute Gasteiger partial charge is 0.160 e. The summed E-state index contributed by atoms with van der Waals surface area (Å²) >= 11 is 0. The number of fused-ring (bicyclic) bond motifs is 3. The van der Waals surface area contributed by atoms with Gasteiger partial charge in [-0.2, -0.15) is 5.26 Å². The largest absolute Gasteiger partial charge is 0.298 e. The highest BCUT2D eigenvalue weighted by molar-refractivity contribution is 5.87. The van der Waals surface area contributed by atoms with Gasteiger partial charge in [-0.15, -0.1) is 0 Å². The first-order chi connectivity index (χ1) is 15.0. The number of aromatic nitrogens is 3. The first-order valence-electron chi connectivity index (χ1n) is 10.5. The van der Waals surface area contributed by atoms with E-state index in [2.05, 4.69) is 16.0 Å². The van der Waals surface area contributed by atoms with E-state index in [0.29, 0.717) is 12.2 Å². The molecule has 5 nitrogen and oxygen atoms in total. The standard InChI is InChI=1S/C25H21FN4O/c1-15-21-9-4-16-14-29-24(17-3-2-10-28-13-17)30-23(16)25(21,11-18(12-27)22(15)31)19-5-7-20(26)8-6-19/h2-3,5-8,10,13-15,18,21H,4,9,11H2,1H3/t15-,18?,21-,25+/m0/s1. The molecule has 31 heavy (non-hydrogen) atoms. The summed E-state index contributed by atoms with van der Waals surface area (Å²) in [5.74, 6) is -0.780. The Morgan fingerprint density at radius 3 is 2.71 bits per heavy atom.